The van der Waals surface area contributed by atoms with Crippen molar-refractivity contribution >= 4 is 40.5 Å². The van der Waals surface area contributed by atoms with Crippen LogP contribution >= 0.6 is 11.6 Å². The number of nitrogens with one attached hydrogen (secondary N) is 1. The largest absolute Gasteiger partial charge is 0.369 e. The summed E-state index contributed by atoms with van der Waals surface area (Å²) < 4.78 is 0. The number of nitrogens with zero attached hydrogens (tertiary/aromatic N) is 4. The molecule has 0 aromatic heterocycles. The van der Waals surface area contributed by atoms with Crippen LogP contribution in [0.25, 0.3) is 0 Å². The zero-order valence-corrected chi connectivity index (χ0v) is 21.1. The third-order valence-electron chi connectivity index (χ3n) is 7.51. The van der Waals surface area contributed by atoms with Gasteiger partial charge in [0.25, 0.3) is 5.91 Å². The number of hydrogen-bond acceptors (Lipinski definition) is 5. The molecule has 3 aliphatic rings. The van der Waals surface area contributed by atoms with Crippen LogP contribution in [0.1, 0.15) is 36.0 Å². The molecule has 0 aliphatic carbocycles. The molecule has 3 heterocycles. The Morgan fingerprint density at radius 1 is 1.03 bits per heavy atom. The van der Waals surface area contributed by atoms with E-state index in [-0.39, 0.29) is 17.9 Å². The van der Waals surface area contributed by atoms with Crippen molar-refractivity contribution in [3.63, 3.8) is 0 Å². The third kappa shape index (κ3) is 5.11. The number of likely N-dealkylation sites (N-methyl/N-ethyl adjacent to an activating group) is 1. The summed E-state index contributed by atoms with van der Waals surface area (Å²) in [5, 5.41) is 3.83. The molecule has 2 saturated heterocycles. The summed E-state index contributed by atoms with van der Waals surface area (Å²) in [5.41, 5.74) is 3.68. The zero-order chi connectivity index (χ0) is 24.4. The van der Waals surface area contributed by atoms with E-state index in [9.17, 15) is 9.59 Å². The van der Waals surface area contributed by atoms with E-state index in [1.54, 1.807) is 4.90 Å². The van der Waals surface area contributed by atoms with Crippen LogP contribution in [0.5, 0.6) is 0 Å². The van der Waals surface area contributed by atoms with Gasteiger partial charge in [0.1, 0.15) is 6.04 Å². The quantitative estimate of drug-likeness (QED) is 0.620. The first-order valence-corrected chi connectivity index (χ1v) is 13.1. The average molecular weight is 496 g/mol. The minimum atomic E-state index is -0.0832. The standard InChI is InChI=1S/C27H34ClN5O2/c1-30-25-18-20(9-10-23(25)33-13-3-2-8-24(33)27(30)35)26(34)29-11-5-12-31-14-16-32(17-15-31)22-7-4-6-21(28)19-22/h4,6-7,9-10,18-19,24H,2-3,5,8,11-17H2,1H3,(H,29,34)/t24-/m0/s1. The van der Waals surface area contributed by atoms with Gasteiger partial charge >= 0.3 is 0 Å². The maximum absolute atomic E-state index is 12.9. The molecule has 7 nitrogen and oxygen atoms in total. The Hall–Kier alpha value is -2.77. The molecule has 2 amide bonds. The first kappa shape index (κ1) is 23.9. The van der Waals surface area contributed by atoms with Gasteiger partial charge in [-0.05, 0) is 68.6 Å². The number of piperidine rings is 1. The summed E-state index contributed by atoms with van der Waals surface area (Å²) in [6.45, 7) is 6.45. The number of piperazine rings is 1. The number of carbonyl (C=O) groups is 2. The van der Waals surface area contributed by atoms with Gasteiger partial charge < -0.3 is 20.0 Å². The van der Waals surface area contributed by atoms with Crippen LogP contribution in [-0.2, 0) is 4.79 Å². The summed E-state index contributed by atoms with van der Waals surface area (Å²) in [6.07, 6.45) is 4.00. The van der Waals surface area contributed by atoms with E-state index in [0.717, 1.165) is 81.3 Å². The second-order valence-electron chi connectivity index (χ2n) is 9.72. The molecule has 1 atom stereocenters. The summed E-state index contributed by atoms with van der Waals surface area (Å²) in [4.78, 5) is 34.4. The van der Waals surface area contributed by atoms with Gasteiger partial charge in [0.15, 0.2) is 0 Å². The van der Waals surface area contributed by atoms with E-state index >= 15 is 0 Å². The van der Waals surface area contributed by atoms with Crippen molar-refractivity contribution in [2.75, 3.05) is 67.6 Å². The van der Waals surface area contributed by atoms with Crippen LogP contribution < -0.4 is 20.0 Å². The Balaban J connectivity index is 1.10. The van der Waals surface area contributed by atoms with Crippen LogP contribution in [0.15, 0.2) is 42.5 Å². The number of carbonyl (C=O) groups excluding carboxylic acids is 2. The number of rotatable bonds is 6. The maximum atomic E-state index is 12.9. The molecule has 0 saturated carbocycles. The number of fused-ring (bicyclic) bond motifs is 3. The van der Waals surface area contributed by atoms with Crippen LogP contribution in [-0.4, -0.2) is 75.6 Å². The van der Waals surface area contributed by atoms with Gasteiger partial charge in [0, 0.05) is 62.6 Å². The van der Waals surface area contributed by atoms with Crippen LogP contribution in [0, 0.1) is 0 Å². The molecule has 0 spiro atoms. The molecule has 0 radical (unpaired) electrons. The second kappa shape index (κ2) is 10.5. The molecule has 8 heteroatoms. The lowest BCUT2D eigenvalue weighted by Gasteiger charge is -2.44. The van der Waals surface area contributed by atoms with E-state index in [2.05, 4.69) is 26.1 Å². The van der Waals surface area contributed by atoms with E-state index in [4.69, 9.17) is 11.6 Å². The predicted molar refractivity (Wildman–Crippen MR) is 142 cm³/mol. The highest BCUT2D eigenvalue weighted by molar-refractivity contribution is 6.30. The normalized spacial score (nSPS) is 20.5. The van der Waals surface area contributed by atoms with Gasteiger partial charge in [0.2, 0.25) is 5.91 Å². The molecular weight excluding hydrogens is 462 g/mol. The first-order chi connectivity index (χ1) is 17.0. The van der Waals surface area contributed by atoms with Gasteiger partial charge in [-0.3, -0.25) is 14.5 Å². The zero-order valence-electron chi connectivity index (χ0n) is 20.4. The summed E-state index contributed by atoms with van der Waals surface area (Å²) in [5.74, 6) is 0.0467. The van der Waals surface area contributed by atoms with Crippen LogP contribution in [0.3, 0.4) is 0 Å². The topological polar surface area (TPSA) is 59.1 Å². The Morgan fingerprint density at radius 2 is 1.86 bits per heavy atom. The lowest BCUT2D eigenvalue weighted by molar-refractivity contribution is -0.120. The molecule has 5 rings (SSSR count). The molecule has 3 aliphatic heterocycles. The van der Waals surface area contributed by atoms with Crippen molar-refractivity contribution in [2.24, 2.45) is 0 Å². The minimum Gasteiger partial charge on any atom is -0.369 e. The van der Waals surface area contributed by atoms with Gasteiger partial charge in [-0.1, -0.05) is 17.7 Å². The number of halogens is 1. The van der Waals surface area contributed by atoms with Crippen molar-refractivity contribution in [1.82, 2.24) is 10.2 Å². The van der Waals surface area contributed by atoms with Crippen LogP contribution in [0.4, 0.5) is 17.1 Å². The molecule has 1 N–H and O–H groups in total. The monoisotopic (exact) mass is 495 g/mol. The van der Waals surface area contributed by atoms with Gasteiger partial charge in [-0.25, -0.2) is 0 Å². The van der Waals surface area contributed by atoms with Crippen molar-refractivity contribution in [3.05, 3.63) is 53.1 Å². The van der Waals surface area contributed by atoms with Crippen molar-refractivity contribution < 1.29 is 9.59 Å². The summed E-state index contributed by atoms with van der Waals surface area (Å²) >= 11 is 6.13. The Kier molecular flexibility index (Phi) is 7.16. The SMILES string of the molecule is CN1C(=O)[C@@H]2CCCCN2c2ccc(C(=O)NCCCN3CCN(c4cccc(Cl)c4)CC3)cc21. The molecule has 2 aromatic rings. The molecule has 186 valence electrons. The highest BCUT2D eigenvalue weighted by Gasteiger charge is 2.38. The van der Waals surface area contributed by atoms with Crippen molar-refractivity contribution in [1.29, 1.82) is 0 Å². The highest BCUT2D eigenvalue weighted by atomic mass is 35.5. The van der Waals surface area contributed by atoms with Gasteiger partial charge in [-0.2, -0.15) is 0 Å². The fourth-order valence-corrected chi connectivity index (χ4v) is 5.69. The first-order valence-electron chi connectivity index (χ1n) is 12.7. The minimum absolute atomic E-state index is 0.0618. The molecule has 0 unspecified atom stereocenters. The Labute approximate surface area is 212 Å². The fraction of sp³-hybridized carbons (Fsp3) is 0.481. The third-order valence-corrected chi connectivity index (χ3v) is 7.74. The smallest absolute Gasteiger partial charge is 0.251 e. The Bertz CT molecular complexity index is 1080. The van der Waals surface area contributed by atoms with E-state index in [0.29, 0.717) is 12.1 Å². The Morgan fingerprint density at radius 3 is 2.66 bits per heavy atom. The number of anilines is 3. The highest BCUT2D eigenvalue weighted by Crippen LogP contribution is 2.39. The fourth-order valence-electron chi connectivity index (χ4n) is 5.50. The summed E-state index contributed by atoms with van der Waals surface area (Å²) in [7, 11) is 1.82. The van der Waals surface area contributed by atoms with E-state index < -0.39 is 0 Å². The number of amides is 2. The molecule has 2 aromatic carbocycles. The molecule has 35 heavy (non-hydrogen) atoms. The lowest BCUT2D eigenvalue weighted by atomic mass is 9.96. The maximum Gasteiger partial charge on any atom is 0.251 e. The van der Waals surface area contributed by atoms with Gasteiger partial charge in [0.05, 0.1) is 11.4 Å². The number of benzene rings is 2. The molecule has 2 fully saturated rings. The average Bonchev–Trinajstić information content (AvgIpc) is 2.89. The number of hydrogen-bond donors (Lipinski definition) is 1. The predicted octanol–water partition coefficient (Wildman–Crippen LogP) is 3.62. The molecule has 0 bridgehead atoms. The lowest BCUT2D eigenvalue weighted by Crippen LogP contribution is -2.54. The van der Waals surface area contributed by atoms with Crippen molar-refractivity contribution in [3.8, 4) is 0 Å². The van der Waals surface area contributed by atoms with E-state index in [1.807, 2.05) is 43.4 Å². The van der Waals surface area contributed by atoms with Crippen LogP contribution in [0.2, 0.25) is 5.02 Å². The summed E-state index contributed by atoms with van der Waals surface area (Å²) in [6, 6.07) is 13.7. The van der Waals surface area contributed by atoms with Crippen molar-refractivity contribution in [2.45, 2.75) is 31.7 Å². The second-order valence-corrected chi connectivity index (χ2v) is 10.2. The molecular formula is C27H34ClN5O2. The van der Waals surface area contributed by atoms with Gasteiger partial charge in [-0.15, -0.1) is 0 Å². The van der Waals surface area contributed by atoms with E-state index in [1.165, 1.54) is 5.69 Å².